The maximum Gasteiger partial charge on any atom is 0.271 e. The molecule has 0 unspecified atom stereocenters. The van der Waals surface area contributed by atoms with Crippen LogP contribution < -0.4 is 10.2 Å². The molecule has 4 N–H and O–H groups in total. The lowest BCUT2D eigenvalue weighted by atomic mass is 10.1. The summed E-state index contributed by atoms with van der Waals surface area (Å²) < 4.78 is 5.12. The van der Waals surface area contributed by atoms with E-state index in [2.05, 4.69) is 10.5 Å². The van der Waals surface area contributed by atoms with Gasteiger partial charge in [0.1, 0.15) is 5.75 Å². The molecule has 23 heavy (non-hydrogen) atoms. The Balaban J connectivity index is 2.17. The van der Waals surface area contributed by atoms with Crippen molar-refractivity contribution in [2.75, 3.05) is 7.11 Å². The summed E-state index contributed by atoms with van der Waals surface area (Å²) >= 11 is 0. The number of nitrogens with zero attached hydrogens (tertiary/aromatic N) is 1. The molecule has 0 aliphatic rings. The number of carbonyl (C=O) groups excluding carboxylic acids is 1. The Bertz CT molecular complexity index is 748. The quantitative estimate of drug-likeness (QED) is 0.391. The molecular weight excluding hydrogens is 300 g/mol. The topological polar surface area (TPSA) is 111 Å². The van der Waals surface area contributed by atoms with E-state index < -0.39 is 23.2 Å². The fourth-order valence-corrected chi connectivity index (χ4v) is 1.85. The monoisotopic (exact) mass is 316 g/mol. The van der Waals surface area contributed by atoms with Crippen LogP contribution in [-0.2, 0) is 0 Å². The zero-order valence-electron chi connectivity index (χ0n) is 12.6. The summed E-state index contributed by atoms with van der Waals surface area (Å²) in [6.45, 7) is 1.71. The third-order valence-corrected chi connectivity index (χ3v) is 3.14. The molecule has 2 aromatic carbocycles. The summed E-state index contributed by atoms with van der Waals surface area (Å²) in [5.74, 6) is -1.85. The van der Waals surface area contributed by atoms with Crippen molar-refractivity contribution in [2.24, 2.45) is 5.10 Å². The van der Waals surface area contributed by atoms with Crippen molar-refractivity contribution >= 4 is 11.6 Å². The maximum absolute atomic E-state index is 12.0. The van der Waals surface area contributed by atoms with E-state index in [4.69, 9.17) is 4.74 Å². The van der Waals surface area contributed by atoms with E-state index in [0.717, 1.165) is 17.7 Å². The Morgan fingerprint density at radius 1 is 1.09 bits per heavy atom. The highest BCUT2D eigenvalue weighted by molar-refractivity contribution is 6.01. The summed E-state index contributed by atoms with van der Waals surface area (Å²) in [6.07, 6.45) is 0. The van der Waals surface area contributed by atoms with Crippen molar-refractivity contribution in [1.29, 1.82) is 0 Å². The third-order valence-electron chi connectivity index (χ3n) is 3.14. The fraction of sp³-hybridized carbons (Fsp3) is 0.125. The van der Waals surface area contributed by atoms with E-state index in [0.29, 0.717) is 11.5 Å². The number of phenols is 3. The summed E-state index contributed by atoms with van der Waals surface area (Å²) in [6, 6.07) is 9.22. The van der Waals surface area contributed by atoms with Crippen molar-refractivity contribution in [1.82, 2.24) is 5.43 Å². The van der Waals surface area contributed by atoms with Gasteiger partial charge >= 0.3 is 0 Å². The number of amides is 1. The van der Waals surface area contributed by atoms with Crippen LogP contribution in [0.5, 0.6) is 23.0 Å². The minimum atomic E-state index is -0.683. The summed E-state index contributed by atoms with van der Waals surface area (Å²) in [5, 5.41) is 32.0. The van der Waals surface area contributed by atoms with Gasteiger partial charge in [-0.2, -0.15) is 5.10 Å². The number of hydrogen-bond donors (Lipinski definition) is 4. The fourth-order valence-electron chi connectivity index (χ4n) is 1.85. The number of nitrogens with one attached hydrogen (secondary N) is 1. The molecule has 7 nitrogen and oxygen atoms in total. The zero-order chi connectivity index (χ0) is 17.0. The number of carbonyl (C=O) groups is 1. The van der Waals surface area contributed by atoms with Crippen molar-refractivity contribution in [3.63, 3.8) is 0 Å². The van der Waals surface area contributed by atoms with Crippen LogP contribution in [-0.4, -0.2) is 34.0 Å². The number of hydrazone groups is 1. The second-order valence-corrected chi connectivity index (χ2v) is 4.73. The third kappa shape index (κ3) is 3.70. The van der Waals surface area contributed by atoms with Crippen LogP contribution in [0.25, 0.3) is 0 Å². The lowest BCUT2D eigenvalue weighted by Crippen LogP contribution is -2.19. The molecule has 0 heterocycles. The van der Waals surface area contributed by atoms with Crippen molar-refractivity contribution in [3.05, 3.63) is 47.5 Å². The lowest BCUT2D eigenvalue weighted by Gasteiger charge is -2.06. The molecule has 0 aliphatic carbocycles. The minimum absolute atomic E-state index is 0.0417. The second-order valence-electron chi connectivity index (χ2n) is 4.73. The van der Waals surface area contributed by atoms with Crippen LogP contribution in [0.1, 0.15) is 22.8 Å². The molecule has 0 radical (unpaired) electrons. The summed E-state index contributed by atoms with van der Waals surface area (Å²) in [7, 11) is 1.55. The molecule has 2 aromatic rings. The molecule has 0 aromatic heterocycles. The van der Waals surface area contributed by atoms with Gasteiger partial charge in [-0.05, 0) is 31.2 Å². The molecule has 7 heteroatoms. The molecular formula is C16H16N2O5. The first kappa shape index (κ1) is 16.2. The number of hydrogen-bond acceptors (Lipinski definition) is 6. The zero-order valence-corrected chi connectivity index (χ0v) is 12.6. The van der Waals surface area contributed by atoms with Crippen molar-refractivity contribution < 1.29 is 24.9 Å². The van der Waals surface area contributed by atoms with Crippen LogP contribution in [0, 0.1) is 0 Å². The minimum Gasteiger partial charge on any atom is -0.504 e. The van der Waals surface area contributed by atoms with Gasteiger partial charge in [0.2, 0.25) is 0 Å². The number of benzene rings is 2. The first-order valence-corrected chi connectivity index (χ1v) is 6.66. The lowest BCUT2D eigenvalue weighted by molar-refractivity contribution is 0.0954. The van der Waals surface area contributed by atoms with E-state index in [1.807, 2.05) is 6.07 Å². The molecule has 120 valence electrons. The number of aromatic hydroxyl groups is 3. The SMILES string of the molecule is COc1cccc(/C(C)=N/NC(=O)c2cc(O)c(O)c(O)c2)c1. The van der Waals surface area contributed by atoms with E-state index in [1.54, 1.807) is 32.2 Å². The Morgan fingerprint density at radius 2 is 1.74 bits per heavy atom. The molecule has 0 bridgehead atoms. The van der Waals surface area contributed by atoms with Crippen LogP contribution in [0.4, 0.5) is 0 Å². The average molecular weight is 316 g/mol. The van der Waals surface area contributed by atoms with Crippen LogP contribution in [0.15, 0.2) is 41.5 Å². The molecule has 1 amide bonds. The van der Waals surface area contributed by atoms with Crippen LogP contribution in [0.2, 0.25) is 0 Å². The van der Waals surface area contributed by atoms with E-state index >= 15 is 0 Å². The molecule has 2 rings (SSSR count). The molecule has 0 spiro atoms. The Morgan fingerprint density at radius 3 is 2.35 bits per heavy atom. The van der Waals surface area contributed by atoms with E-state index in [-0.39, 0.29) is 5.56 Å². The molecule has 0 fully saturated rings. The normalized spacial score (nSPS) is 11.1. The molecule has 0 saturated carbocycles. The second kappa shape index (κ2) is 6.69. The Kier molecular flexibility index (Phi) is 4.70. The first-order valence-electron chi connectivity index (χ1n) is 6.66. The van der Waals surface area contributed by atoms with E-state index in [1.165, 1.54) is 0 Å². The number of rotatable bonds is 4. The number of methoxy groups -OCH3 is 1. The maximum atomic E-state index is 12.0. The van der Waals surface area contributed by atoms with Gasteiger partial charge in [0.15, 0.2) is 17.2 Å². The van der Waals surface area contributed by atoms with Gasteiger partial charge in [0.25, 0.3) is 5.91 Å². The molecule has 0 atom stereocenters. The van der Waals surface area contributed by atoms with Crippen molar-refractivity contribution in [3.8, 4) is 23.0 Å². The van der Waals surface area contributed by atoms with Crippen LogP contribution in [0.3, 0.4) is 0 Å². The van der Waals surface area contributed by atoms with Crippen LogP contribution >= 0.6 is 0 Å². The predicted molar refractivity (Wildman–Crippen MR) is 84.1 cm³/mol. The largest absolute Gasteiger partial charge is 0.504 e. The number of phenolic OH excluding ortho intramolecular Hbond substituents is 3. The first-order chi connectivity index (χ1) is 10.9. The van der Waals surface area contributed by atoms with Crippen molar-refractivity contribution in [2.45, 2.75) is 6.92 Å². The van der Waals surface area contributed by atoms with Gasteiger partial charge in [-0.25, -0.2) is 5.43 Å². The highest BCUT2D eigenvalue weighted by Gasteiger charge is 2.13. The van der Waals surface area contributed by atoms with Gasteiger partial charge in [0, 0.05) is 11.1 Å². The highest BCUT2D eigenvalue weighted by atomic mass is 16.5. The van der Waals surface area contributed by atoms with E-state index in [9.17, 15) is 20.1 Å². The summed E-state index contributed by atoms with van der Waals surface area (Å²) in [4.78, 5) is 12.0. The van der Waals surface area contributed by atoms with Gasteiger partial charge in [-0.15, -0.1) is 0 Å². The number of ether oxygens (including phenoxy) is 1. The van der Waals surface area contributed by atoms with Gasteiger partial charge in [0.05, 0.1) is 12.8 Å². The molecule has 0 saturated heterocycles. The average Bonchev–Trinajstić information content (AvgIpc) is 2.56. The summed E-state index contributed by atoms with van der Waals surface area (Å²) in [5.41, 5.74) is 3.58. The van der Waals surface area contributed by atoms with Gasteiger partial charge in [-0.1, -0.05) is 12.1 Å². The van der Waals surface area contributed by atoms with Gasteiger partial charge in [-0.3, -0.25) is 4.79 Å². The molecule has 0 aliphatic heterocycles. The van der Waals surface area contributed by atoms with Gasteiger partial charge < -0.3 is 20.1 Å². The smallest absolute Gasteiger partial charge is 0.271 e. The standard InChI is InChI=1S/C16H16N2O5/c1-9(10-4-3-5-12(6-10)23-2)17-18-16(22)11-7-13(19)15(21)14(20)8-11/h3-8,19-21H,1-2H3,(H,18,22)/b17-9+. The Labute approximate surface area is 132 Å². The predicted octanol–water partition coefficient (Wildman–Crippen LogP) is 1.97. The Hall–Kier alpha value is -3.22. The highest BCUT2D eigenvalue weighted by Crippen LogP contribution is 2.35.